The van der Waals surface area contributed by atoms with Gasteiger partial charge in [-0.1, -0.05) is 88.7 Å². The molecule has 0 aliphatic rings. The number of halogens is 1. The summed E-state index contributed by atoms with van der Waals surface area (Å²) in [5.74, 6) is -0.555. The van der Waals surface area contributed by atoms with Crippen LogP contribution in [0.1, 0.15) is 39.7 Å². The molecule has 3 rings (SSSR count). The van der Waals surface area contributed by atoms with E-state index >= 15 is 0 Å². The van der Waals surface area contributed by atoms with Crippen LogP contribution in [-0.2, 0) is 0 Å². The van der Waals surface area contributed by atoms with E-state index in [9.17, 15) is 10.1 Å². The van der Waals surface area contributed by atoms with Gasteiger partial charge in [0.05, 0.1) is 12.0 Å². The van der Waals surface area contributed by atoms with Gasteiger partial charge in [0, 0.05) is 22.4 Å². The molecule has 0 aliphatic carbocycles. The van der Waals surface area contributed by atoms with Gasteiger partial charge < -0.3 is 0 Å². The number of nitrogens with zero attached hydrogens (tertiary/aromatic N) is 1. The lowest BCUT2D eigenvalue weighted by molar-refractivity contribution is 0.0972. The van der Waals surface area contributed by atoms with Crippen LogP contribution in [0.2, 0.25) is 0 Å². The number of rotatable bonds is 6. The van der Waals surface area contributed by atoms with E-state index in [2.05, 4.69) is 22.0 Å². The molecule has 0 radical (unpaired) electrons. The summed E-state index contributed by atoms with van der Waals surface area (Å²) < 4.78 is 0.927. The Bertz CT molecular complexity index is 916. The molecule has 0 aromatic heterocycles. The number of Topliss-reactive ketones (excluding diaryl/α,β-unsaturated/α-hetero) is 1. The number of carbonyl (C=O) groups is 1. The van der Waals surface area contributed by atoms with E-state index in [0.29, 0.717) is 12.0 Å². The lowest BCUT2D eigenvalue weighted by Gasteiger charge is -2.23. The molecule has 3 aromatic carbocycles. The maximum atomic E-state index is 12.8. The molecule has 0 spiro atoms. The minimum atomic E-state index is -0.400. The summed E-state index contributed by atoms with van der Waals surface area (Å²) in [6.07, 6.45) is 0.290. The molecule has 26 heavy (non-hydrogen) atoms. The fraction of sp³-hybridized carbons (Fsp3) is 0.130. The lowest BCUT2D eigenvalue weighted by Crippen LogP contribution is -2.15. The lowest BCUT2D eigenvalue weighted by atomic mass is 9.78. The van der Waals surface area contributed by atoms with Crippen LogP contribution in [0, 0.1) is 11.3 Å². The van der Waals surface area contributed by atoms with Crippen LogP contribution < -0.4 is 0 Å². The Balaban J connectivity index is 1.98. The first-order chi connectivity index (χ1) is 12.7. The molecule has 128 valence electrons. The van der Waals surface area contributed by atoms with Crippen molar-refractivity contribution in [3.63, 3.8) is 0 Å². The van der Waals surface area contributed by atoms with Gasteiger partial charge in [-0.25, -0.2) is 0 Å². The van der Waals surface area contributed by atoms with Crippen molar-refractivity contribution in [2.24, 2.45) is 0 Å². The summed E-state index contributed by atoms with van der Waals surface area (Å²) in [6, 6.07) is 29.3. The van der Waals surface area contributed by atoms with Gasteiger partial charge >= 0.3 is 0 Å². The Morgan fingerprint density at radius 1 is 0.885 bits per heavy atom. The van der Waals surface area contributed by atoms with E-state index < -0.39 is 5.92 Å². The fourth-order valence-corrected chi connectivity index (χ4v) is 3.58. The zero-order valence-electron chi connectivity index (χ0n) is 14.2. The Morgan fingerprint density at radius 2 is 1.50 bits per heavy atom. The van der Waals surface area contributed by atoms with Gasteiger partial charge in [0.2, 0.25) is 0 Å². The zero-order valence-corrected chi connectivity index (χ0v) is 15.8. The average molecular weight is 404 g/mol. The van der Waals surface area contributed by atoms with E-state index in [-0.39, 0.29) is 11.7 Å². The molecule has 0 aliphatic heterocycles. The zero-order chi connectivity index (χ0) is 18.4. The van der Waals surface area contributed by atoms with Gasteiger partial charge in [-0.3, -0.25) is 4.79 Å². The van der Waals surface area contributed by atoms with Crippen molar-refractivity contribution < 1.29 is 4.79 Å². The molecule has 0 saturated heterocycles. The Hall–Kier alpha value is -2.70. The number of ketones is 1. The molecular formula is C23H18BrNO. The molecule has 2 nitrogen and oxygen atoms in total. The molecule has 0 amide bonds. The number of hydrogen-bond donors (Lipinski definition) is 0. The highest BCUT2D eigenvalue weighted by atomic mass is 79.9. The normalized spacial score (nSPS) is 12.8. The summed E-state index contributed by atoms with van der Waals surface area (Å²) in [7, 11) is 0. The molecule has 0 bridgehead atoms. The standard InChI is InChI=1S/C23H18BrNO/c24-20-13-7-12-19(14-20)22(16-25)21(17-8-3-1-4-9-17)15-23(26)18-10-5-2-6-11-18/h1-14,21-22H,15H2/t21-,22-/m0/s1. The largest absolute Gasteiger partial charge is 0.294 e. The maximum absolute atomic E-state index is 12.8. The highest BCUT2D eigenvalue weighted by Crippen LogP contribution is 2.37. The van der Waals surface area contributed by atoms with Gasteiger partial charge in [-0.15, -0.1) is 0 Å². The van der Waals surface area contributed by atoms with Crippen molar-refractivity contribution in [1.29, 1.82) is 5.26 Å². The summed E-state index contributed by atoms with van der Waals surface area (Å²) in [4.78, 5) is 12.8. The summed E-state index contributed by atoms with van der Waals surface area (Å²) in [5, 5.41) is 9.91. The first-order valence-corrected chi connectivity index (χ1v) is 9.26. The third-order valence-corrected chi connectivity index (χ3v) is 4.97. The van der Waals surface area contributed by atoms with Crippen molar-refractivity contribution in [3.05, 3.63) is 106 Å². The highest BCUT2D eigenvalue weighted by Gasteiger charge is 2.27. The van der Waals surface area contributed by atoms with Gasteiger partial charge in [0.1, 0.15) is 0 Å². The molecule has 0 N–H and O–H groups in total. The topological polar surface area (TPSA) is 40.9 Å². The smallest absolute Gasteiger partial charge is 0.163 e. The van der Waals surface area contributed by atoms with Crippen LogP contribution >= 0.6 is 15.9 Å². The van der Waals surface area contributed by atoms with E-state index in [1.165, 1.54) is 0 Å². The van der Waals surface area contributed by atoms with Crippen LogP contribution in [0.5, 0.6) is 0 Å². The van der Waals surface area contributed by atoms with E-state index in [0.717, 1.165) is 15.6 Å². The average Bonchev–Trinajstić information content (AvgIpc) is 2.69. The SMILES string of the molecule is N#C[C@@H](c1cccc(Br)c1)[C@@H](CC(=O)c1ccccc1)c1ccccc1. The summed E-state index contributed by atoms with van der Waals surface area (Å²) in [5.41, 5.74) is 2.60. The first kappa shape index (κ1) is 18.1. The highest BCUT2D eigenvalue weighted by molar-refractivity contribution is 9.10. The number of carbonyl (C=O) groups excluding carboxylic acids is 1. The van der Waals surface area contributed by atoms with Crippen LogP contribution in [0.15, 0.2) is 89.4 Å². The second-order valence-corrected chi connectivity index (χ2v) is 7.09. The number of nitriles is 1. The number of benzene rings is 3. The van der Waals surface area contributed by atoms with Crippen molar-refractivity contribution in [2.75, 3.05) is 0 Å². The molecular weight excluding hydrogens is 386 g/mol. The minimum Gasteiger partial charge on any atom is -0.294 e. The van der Waals surface area contributed by atoms with Crippen LogP contribution in [0.4, 0.5) is 0 Å². The monoisotopic (exact) mass is 403 g/mol. The van der Waals surface area contributed by atoms with Crippen LogP contribution in [0.3, 0.4) is 0 Å². The Kier molecular flexibility index (Phi) is 5.99. The minimum absolute atomic E-state index is 0.0506. The van der Waals surface area contributed by atoms with Gasteiger partial charge in [0.15, 0.2) is 5.78 Å². The van der Waals surface area contributed by atoms with Crippen LogP contribution in [-0.4, -0.2) is 5.78 Å². The van der Waals surface area contributed by atoms with E-state index in [1.807, 2.05) is 84.9 Å². The second-order valence-electron chi connectivity index (χ2n) is 6.17. The summed E-state index contributed by atoms with van der Waals surface area (Å²) >= 11 is 3.48. The molecule has 3 heteroatoms. The predicted octanol–water partition coefficient (Wildman–Crippen LogP) is 6.11. The van der Waals surface area contributed by atoms with Gasteiger partial charge in [-0.2, -0.15) is 5.26 Å². The molecule has 0 unspecified atom stereocenters. The number of hydrogen-bond acceptors (Lipinski definition) is 2. The van der Waals surface area contributed by atoms with E-state index in [4.69, 9.17) is 0 Å². The van der Waals surface area contributed by atoms with Crippen molar-refractivity contribution in [1.82, 2.24) is 0 Å². The fourth-order valence-electron chi connectivity index (χ4n) is 3.17. The maximum Gasteiger partial charge on any atom is 0.163 e. The van der Waals surface area contributed by atoms with E-state index in [1.54, 1.807) is 0 Å². The third kappa shape index (κ3) is 4.28. The van der Waals surface area contributed by atoms with Gasteiger partial charge in [0.25, 0.3) is 0 Å². The van der Waals surface area contributed by atoms with Gasteiger partial charge in [-0.05, 0) is 23.3 Å². The molecule has 2 atom stereocenters. The second kappa shape index (κ2) is 8.60. The Morgan fingerprint density at radius 3 is 2.12 bits per heavy atom. The van der Waals surface area contributed by atoms with Crippen LogP contribution in [0.25, 0.3) is 0 Å². The predicted molar refractivity (Wildman–Crippen MR) is 107 cm³/mol. The van der Waals surface area contributed by atoms with Crippen molar-refractivity contribution >= 4 is 21.7 Å². The molecule has 0 heterocycles. The first-order valence-electron chi connectivity index (χ1n) is 8.47. The van der Waals surface area contributed by atoms with Crippen molar-refractivity contribution in [2.45, 2.75) is 18.3 Å². The third-order valence-electron chi connectivity index (χ3n) is 4.48. The molecule has 0 fully saturated rings. The summed E-state index contributed by atoms with van der Waals surface area (Å²) in [6.45, 7) is 0. The van der Waals surface area contributed by atoms with Crippen molar-refractivity contribution in [3.8, 4) is 6.07 Å². The quantitative estimate of drug-likeness (QED) is 0.465. The molecule has 0 saturated carbocycles. The Labute approximate surface area is 162 Å². The molecule has 3 aromatic rings.